The minimum atomic E-state index is -0.925. The lowest BCUT2D eigenvalue weighted by Gasteiger charge is -2.13. The Hall–Kier alpha value is -2.18. The fourth-order valence-corrected chi connectivity index (χ4v) is 1.98. The SMILES string of the molecule is O=[N+]([O-])c1c(F)cccc1NC[C@@H](O)c1ccc(Cl)cc1. The molecule has 0 amide bonds. The molecule has 2 aromatic carbocycles. The molecule has 0 heterocycles. The van der Waals surface area contributed by atoms with Crippen molar-refractivity contribution in [3.05, 3.63) is 69.0 Å². The topological polar surface area (TPSA) is 75.4 Å². The van der Waals surface area contributed by atoms with Gasteiger partial charge in [0.05, 0.1) is 11.0 Å². The fraction of sp³-hybridized carbons (Fsp3) is 0.143. The summed E-state index contributed by atoms with van der Waals surface area (Å²) < 4.78 is 13.4. The first kappa shape index (κ1) is 15.2. The van der Waals surface area contributed by atoms with Gasteiger partial charge >= 0.3 is 5.69 Å². The van der Waals surface area contributed by atoms with Crippen LogP contribution in [-0.2, 0) is 0 Å². The summed E-state index contributed by atoms with van der Waals surface area (Å²) in [7, 11) is 0. The summed E-state index contributed by atoms with van der Waals surface area (Å²) in [5.74, 6) is -0.925. The Balaban J connectivity index is 2.11. The van der Waals surface area contributed by atoms with Crippen LogP contribution in [0.2, 0.25) is 5.02 Å². The molecule has 0 unspecified atom stereocenters. The van der Waals surface area contributed by atoms with Crippen LogP contribution in [0, 0.1) is 15.9 Å². The number of hydrogen-bond acceptors (Lipinski definition) is 4. The van der Waals surface area contributed by atoms with Gasteiger partial charge in [0.25, 0.3) is 0 Å². The molecule has 110 valence electrons. The predicted molar refractivity (Wildman–Crippen MR) is 78.0 cm³/mol. The van der Waals surface area contributed by atoms with Crippen molar-refractivity contribution >= 4 is 23.0 Å². The second-order valence-corrected chi connectivity index (χ2v) is 4.78. The minimum Gasteiger partial charge on any atom is -0.387 e. The van der Waals surface area contributed by atoms with Crippen molar-refractivity contribution in [2.45, 2.75) is 6.10 Å². The predicted octanol–water partition coefficient (Wildman–Crippen LogP) is 3.53. The monoisotopic (exact) mass is 310 g/mol. The number of rotatable bonds is 5. The third kappa shape index (κ3) is 3.68. The maximum absolute atomic E-state index is 13.4. The summed E-state index contributed by atoms with van der Waals surface area (Å²) in [4.78, 5) is 10.0. The van der Waals surface area contributed by atoms with Gasteiger partial charge in [0.15, 0.2) is 0 Å². The van der Waals surface area contributed by atoms with E-state index in [1.54, 1.807) is 24.3 Å². The van der Waals surface area contributed by atoms with E-state index in [0.29, 0.717) is 10.6 Å². The third-order valence-corrected chi connectivity index (χ3v) is 3.16. The summed E-state index contributed by atoms with van der Waals surface area (Å²) >= 11 is 5.75. The Morgan fingerprint density at radius 3 is 2.57 bits per heavy atom. The summed E-state index contributed by atoms with van der Waals surface area (Å²) in [6.45, 7) is 0.00588. The lowest BCUT2D eigenvalue weighted by Crippen LogP contribution is -2.13. The van der Waals surface area contributed by atoms with E-state index in [1.165, 1.54) is 12.1 Å². The van der Waals surface area contributed by atoms with Crippen LogP contribution in [0.5, 0.6) is 0 Å². The maximum atomic E-state index is 13.4. The number of nitro groups is 1. The highest BCUT2D eigenvalue weighted by Crippen LogP contribution is 2.28. The van der Waals surface area contributed by atoms with E-state index in [9.17, 15) is 19.6 Å². The largest absolute Gasteiger partial charge is 0.387 e. The number of hydrogen-bond donors (Lipinski definition) is 2. The molecule has 0 spiro atoms. The molecule has 0 saturated carbocycles. The van der Waals surface area contributed by atoms with Gasteiger partial charge in [-0.25, -0.2) is 0 Å². The molecule has 0 aliphatic heterocycles. The number of nitrogens with one attached hydrogen (secondary N) is 1. The van der Waals surface area contributed by atoms with Gasteiger partial charge in [0, 0.05) is 11.6 Å². The molecular weight excluding hydrogens is 299 g/mol. The second-order valence-electron chi connectivity index (χ2n) is 4.34. The summed E-state index contributed by atoms with van der Waals surface area (Å²) in [6.07, 6.45) is -0.898. The first-order chi connectivity index (χ1) is 9.99. The van der Waals surface area contributed by atoms with E-state index in [1.807, 2.05) is 0 Å². The summed E-state index contributed by atoms with van der Waals surface area (Å²) in [6, 6.07) is 10.3. The Morgan fingerprint density at radius 2 is 1.95 bits per heavy atom. The minimum absolute atomic E-state index is 0.00588. The van der Waals surface area contributed by atoms with E-state index in [-0.39, 0.29) is 12.2 Å². The lowest BCUT2D eigenvalue weighted by atomic mass is 10.1. The van der Waals surface area contributed by atoms with Crippen molar-refractivity contribution in [3.63, 3.8) is 0 Å². The average Bonchev–Trinajstić information content (AvgIpc) is 2.45. The number of aliphatic hydroxyl groups is 1. The average molecular weight is 311 g/mol. The van der Waals surface area contributed by atoms with Crippen LogP contribution in [0.4, 0.5) is 15.8 Å². The number of aliphatic hydroxyl groups excluding tert-OH is 1. The highest BCUT2D eigenvalue weighted by Gasteiger charge is 2.20. The number of anilines is 1. The zero-order valence-corrected chi connectivity index (χ0v) is 11.5. The number of para-hydroxylation sites is 1. The molecule has 2 rings (SSSR count). The third-order valence-electron chi connectivity index (χ3n) is 2.91. The molecule has 21 heavy (non-hydrogen) atoms. The number of nitrogens with zero attached hydrogens (tertiary/aromatic N) is 1. The number of benzene rings is 2. The first-order valence-corrected chi connectivity index (χ1v) is 6.47. The van der Waals surface area contributed by atoms with E-state index in [4.69, 9.17) is 11.6 Å². The van der Waals surface area contributed by atoms with Crippen molar-refractivity contribution in [1.82, 2.24) is 0 Å². The molecule has 7 heteroatoms. The molecule has 5 nitrogen and oxygen atoms in total. The van der Waals surface area contributed by atoms with Gasteiger partial charge in [-0.1, -0.05) is 29.8 Å². The first-order valence-electron chi connectivity index (χ1n) is 6.09. The van der Waals surface area contributed by atoms with Gasteiger partial charge in [-0.3, -0.25) is 10.1 Å². The molecule has 0 radical (unpaired) electrons. The van der Waals surface area contributed by atoms with Gasteiger partial charge in [-0.2, -0.15) is 4.39 Å². The highest BCUT2D eigenvalue weighted by atomic mass is 35.5. The zero-order valence-electron chi connectivity index (χ0n) is 10.8. The van der Waals surface area contributed by atoms with Crippen molar-refractivity contribution in [2.75, 3.05) is 11.9 Å². The van der Waals surface area contributed by atoms with Crippen LogP contribution < -0.4 is 5.32 Å². The summed E-state index contributed by atoms with van der Waals surface area (Å²) in [5, 5.41) is 24.1. The molecule has 0 aromatic heterocycles. The highest BCUT2D eigenvalue weighted by molar-refractivity contribution is 6.30. The van der Waals surface area contributed by atoms with Gasteiger partial charge in [0.2, 0.25) is 5.82 Å². The molecule has 0 aliphatic rings. The normalized spacial score (nSPS) is 12.0. The quantitative estimate of drug-likeness (QED) is 0.654. The van der Waals surface area contributed by atoms with Gasteiger partial charge in [0.1, 0.15) is 5.69 Å². The smallest absolute Gasteiger partial charge is 0.327 e. The van der Waals surface area contributed by atoms with E-state index >= 15 is 0 Å². The van der Waals surface area contributed by atoms with E-state index < -0.39 is 22.5 Å². The van der Waals surface area contributed by atoms with Crippen LogP contribution in [0.3, 0.4) is 0 Å². The molecule has 0 bridgehead atoms. The van der Waals surface area contributed by atoms with Gasteiger partial charge in [-0.15, -0.1) is 0 Å². The molecule has 2 aromatic rings. The van der Waals surface area contributed by atoms with Gasteiger partial charge in [-0.05, 0) is 29.8 Å². The zero-order chi connectivity index (χ0) is 15.4. The maximum Gasteiger partial charge on any atom is 0.327 e. The number of nitro benzene ring substituents is 1. The molecule has 0 saturated heterocycles. The van der Waals surface area contributed by atoms with Crippen LogP contribution >= 0.6 is 11.6 Å². The van der Waals surface area contributed by atoms with Crippen LogP contribution in [0.15, 0.2) is 42.5 Å². The standard InChI is InChI=1S/C14H12ClFN2O3/c15-10-6-4-9(5-7-10)13(19)8-17-12-3-1-2-11(16)14(12)18(20)21/h1-7,13,17,19H,8H2/t13-/m1/s1. The molecule has 0 aliphatic carbocycles. The van der Waals surface area contributed by atoms with Gasteiger partial charge < -0.3 is 10.4 Å². The van der Waals surface area contributed by atoms with Crippen molar-refractivity contribution in [2.24, 2.45) is 0 Å². The second kappa shape index (κ2) is 6.51. The fourth-order valence-electron chi connectivity index (χ4n) is 1.85. The Labute approximate surface area is 125 Å². The Morgan fingerprint density at radius 1 is 1.29 bits per heavy atom. The Kier molecular flexibility index (Phi) is 4.72. The lowest BCUT2D eigenvalue weighted by molar-refractivity contribution is -0.386. The molecule has 1 atom stereocenters. The van der Waals surface area contributed by atoms with Crippen molar-refractivity contribution < 1.29 is 14.4 Å². The Bertz CT molecular complexity index is 649. The van der Waals surface area contributed by atoms with Crippen molar-refractivity contribution in [3.8, 4) is 0 Å². The van der Waals surface area contributed by atoms with Crippen LogP contribution in [0.25, 0.3) is 0 Å². The van der Waals surface area contributed by atoms with E-state index in [0.717, 1.165) is 6.07 Å². The molecule has 2 N–H and O–H groups in total. The van der Waals surface area contributed by atoms with Crippen LogP contribution in [0.1, 0.15) is 11.7 Å². The molecular formula is C14H12ClFN2O3. The van der Waals surface area contributed by atoms with Crippen LogP contribution in [-0.4, -0.2) is 16.6 Å². The summed E-state index contributed by atoms with van der Waals surface area (Å²) in [5.41, 5.74) is -0.0141. The molecule has 0 fully saturated rings. The van der Waals surface area contributed by atoms with Crippen molar-refractivity contribution in [1.29, 1.82) is 0 Å². The number of halogens is 2. The van der Waals surface area contributed by atoms with E-state index in [2.05, 4.69) is 5.32 Å².